The Kier molecular flexibility index (Phi) is 3.65. The fourth-order valence-corrected chi connectivity index (χ4v) is 5.74. The molecule has 0 N–H and O–H groups in total. The highest BCUT2D eigenvalue weighted by Crippen LogP contribution is 2.39. The number of nitrogens with zero attached hydrogens (tertiary/aromatic N) is 3. The van der Waals surface area contributed by atoms with E-state index in [2.05, 4.69) is 110 Å². The lowest BCUT2D eigenvalue weighted by molar-refractivity contribution is 0.369. The first-order valence-electron chi connectivity index (χ1n) is 10.8. The molecule has 0 aromatic heterocycles. The zero-order valence-electron chi connectivity index (χ0n) is 18.1. The van der Waals surface area contributed by atoms with Gasteiger partial charge in [0.15, 0.2) is 0 Å². The van der Waals surface area contributed by atoms with Gasteiger partial charge in [0.1, 0.15) is 6.17 Å². The molecule has 1 unspecified atom stereocenters. The molecular weight excluding hydrogens is 365 g/mol. The number of aryl methyl sites for hydroxylation is 2. The van der Waals surface area contributed by atoms with Crippen molar-refractivity contribution in [3.05, 3.63) is 83.7 Å². The Labute approximate surface area is 179 Å². The molecule has 0 aliphatic carbocycles. The van der Waals surface area contributed by atoms with Crippen LogP contribution in [0, 0.1) is 13.8 Å². The Balaban J connectivity index is 1.63. The SMILES string of the molecule is Cc1cccc(C)c1B1c2ccccc2N(C)c2cc3c(cc21)N1C=CN(C)C1C3. The van der Waals surface area contributed by atoms with Crippen LogP contribution >= 0.6 is 0 Å². The van der Waals surface area contributed by atoms with Crippen molar-refractivity contribution in [1.82, 2.24) is 4.90 Å². The maximum Gasteiger partial charge on any atom is 0.247 e. The van der Waals surface area contributed by atoms with E-state index in [4.69, 9.17) is 0 Å². The molecule has 3 nitrogen and oxygen atoms in total. The van der Waals surface area contributed by atoms with Gasteiger partial charge in [-0.3, -0.25) is 0 Å². The van der Waals surface area contributed by atoms with E-state index < -0.39 is 0 Å². The van der Waals surface area contributed by atoms with Crippen molar-refractivity contribution in [2.45, 2.75) is 26.4 Å². The number of hydrogen-bond donors (Lipinski definition) is 0. The summed E-state index contributed by atoms with van der Waals surface area (Å²) in [5.41, 5.74) is 12.5. The third-order valence-electron chi connectivity index (χ3n) is 7.27. The van der Waals surface area contributed by atoms with Crippen LogP contribution in [-0.4, -0.2) is 31.9 Å². The molecule has 0 saturated carbocycles. The summed E-state index contributed by atoms with van der Waals surface area (Å²) >= 11 is 0. The summed E-state index contributed by atoms with van der Waals surface area (Å²) in [6, 6.07) is 20.5. The standard InChI is InChI=1S/C26H26BN3/c1-17-8-7-9-18(2)26(17)27-20-10-5-6-11-22(20)29(4)24-14-19-15-25-28(3)12-13-30(25)23(19)16-21(24)27/h5-14,16,25H,15H2,1-4H3. The molecule has 3 aliphatic rings. The number of likely N-dealkylation sites (N-methyl/N-ethyl adjacent to an activating group) is 1. The summed E-state index contributed by atoms with van der Waals surface area (Å²) in [6.07, 6.45) is 5.90. The van der Waals surface area contributed by atoms with Crippen molar-refractivity contribution in [3.8, 4) is 0 Å². The predicted octanol–water partition coefficient (Wildman–Crippen LogP) is 3.01. The van der Waals surface area contributed by atoms with Crippen LogP contribution in [0.3, 0.4) is 0 Å². The number of anilines is 3. The summed E-state index contributed by atoms with van der Waals surface area (Å²) in [6.45, 7) is 4.76. The number of benzene rings is 3. The van der Waals surface area contributed by atoms with Crippen LogP contribution in [0.1, 0.15) is 16.7 Å². The molecule has 30 heavy (non-hydrogen) atoms. The smallest absolute Gasteiger partial charge is 0.247 e. The van der Waals surface area contributed by atoms with Crippen LogP contribution in [0.2, 0.25) is 0 Å². The molecule has 6 rings (SSSR count). The van der Waals surface area contributed by atoms with Gasteiger partial charge in [-0.05, 0) is 48.5 Å². The molecule has 3 aromatic carbocycles. The van der Waals surface area contributed by atoms with Crippen molar-refractivity contribution < 1.29 is 0 Å². The van der Waals surface area contributed by atoms with E-state index in [1.165, 1.54) is 50.1 Å². The third-order valence-corrected chi connectivity index (χ3v) is 7.27. The highest BCUT2D eigenvalue weighted by Gasteiger charge is 2.39. The van der Waals surface area contributed by atoms with Crippen molar-refractivity contribution >= 4 is 40.2 Å². The molecule has 3 aromatic rings. The largest absolute Gasteiger partial charge is 0.358 e. The highest BCUT2D eigenvalue weighted by atomic mass is 15.4. The molecule has 0 fully saturated rings. The Hall–Kier alpha value is -3.14. The number of hydrogen-bond acceptors (Lipinski definition) is 3. The zero-order valence-corrected chi connectivity index (χ0v) is 18.1. The molecule has 148 valence electrons. The predicted molar refractivity (Wildman–Crippen MR) is 128 cm³/mol. The summed E-state index contributed by atoms with van der Waals surface area (Å²) in [7, 11) is 4.39. The van der Waals surface area contributed by atoms with Crippen molar-refractivity contribution in [2.75, 3.05) is 23.9 Å². The first-order valence-corrected chi connectivity index (χ1v) is 10.8. The minimum Gasteiger partial charge on any atom is -0.358 e. The Morgan fingerprint density at radius 1 is 0.800 bits per heavy atom. The Bertz CT molecular complexity index is 1190. The fourth-order valence-electron chi connectivity index (χ4n) is 5.74. The van der Waals surface area contributed by atoms with Crippen LogP contribution in [0.25, 0.3) is 0 Å². The quantitative estimate of drug-likeness (QED) is 0.591. The summed E-state index contributed by atoms with van der Waals surface area (Å²) in [5, 5.41) is 0. The van der Waals surface area contributed by atoms with Crippen LogP contribution in [0.4, 0.5) is 17.1 Å². The van der Waals surface area contributed by atoms with Gasteiger partial charge in [-0.1, -0.05) is 53.0 Å². The van der Waals surface area contributed by atoms with E-state index in [0.29, 0.717) is 6.17 Å². The number of para-hydroxylation sites is 1. The van der Waals surface area contributed by atoms with Gasteiger partial charge < -0.3 is 14.7 Å². The molecule has 0 amide bonds. The van der Waals surface area contributed by atoms with E-state index in [9.17, 15) is 0 Å². The molecule has 3 heterocycles. The molecule has 0 radical (unpaired) electrons. The molecule has 4 heteroatoms. The van der Waals surface area contributed by atoms with Gasteiger partial charge in [-0.25, -0.2) is 0 Å². The van der Waals surface area contributed by atoms with Gasteiger partial charge in [0.05, 0.1) is 0 Å². The average Bonchev–Trinajstić information content (AvgIpc) is 3.28. The molecule has 0 saturated heterocycles. The van der Waals surface area contributed by atoms with Gasteiger partial charge in [0, 0.05) is 50.0 Å². The molecule has 3 aliphatic heterocycles. The first-order chi connectivity index (χ1) is 14.5. The zero-order chi connectivity index (χ0) is 20.6. The fraction of sp³-hybridized carbons (Fsp3) is 0.231. The lowest BCUT2D eigenvalue weighted by atomic mass is 9.34. The lowest BCUT2D eigenvalue weighted by Gasteiger charge is -2.36. The molecule has 1 atom stereocenters. The minimum absolute atomic E-state index is 0.252. The summed E-state index contributed by atoms with van der Waals surface area (Å²) in [4.78, 5) is 7.15. The topological polar surface area (TPSA) is 9.72 Å². The second kappa shape index (κ2) is 6.18. The van der Waals surface area contributed by atoms with E-state index in [1.54, 1.807) is 0 Å². The van der Waals surface area contributed by atoms with E-state index in [-0.39, 0.29) is 6.71 Å². The van der Waals surface area contributed by atoms with Gasteiger partial charge in [-0.2, -0.15) is 0 Å². The molecule has 0 spiro atoms. The lowest BCUT2D eigenvalue weighted by Crippen LogP contribution is -2.58. The summed E-state index contributed by atoms with van der Waals surface area (Å²) in [5.74, 6) is 0. The van der Waals surface area contributed by atoms with Crippen LogP contribution in [0.15, 0.2) is 67.0 Å². The van der Waals surface area contributed by atoms with Crippen LogP contribution in [-0.2, 0) is 6.42 Å². The van der Waals surface area contributed by atoms with Gasteiger partial charge in [0.25, 0.3) is 0 Å². The van der Waals surface area contributed by atoms with E-state index in [0.717, 1.165) is 6.42 Å². The molecular formula is C26H26BN3. The second-order valence-electron chi connectivity index (χ2n) is 8.95. The average molecular weight is 391 g/mol. The maximum atomic E-state index is 2.47. The van der Waals surface area contributed by atoms with Crippen LogP contribution in [0.5, 0.6) is 0 Å². The minimum atomic E-state index is 0.252. The maximum absolute atomic E-state index is 2.47. The molecule has 0 bridgehead atoms. The van der Waals surface area contributed by atoms with Gasteiger partial charge in [0.2, 0.25) is 6.71 Å². The van der Waals surface area contributed by atoms with Gasteiger partial charge in [-0.15, -0.1) is 0 Å². The highest BCUT2D eigenvalue weighted by molar-refractivity contribution is 6.98. The van der Waals surface area contributed by atoms with Crippen molar-refractivity contribution in [1.29, 1.82) is 0 Å². The van der Waals surface area contributed by atoms with Crippen LogP contribution < -0.4 is 26.2 Å². The monoisotopic (exact) mass is 391 g/mol. The normalized spacial score (nSPS) is 18.5. The van der Waals surface area contributed by atoms with E-state index >= 15 is 0 Å². The Morgan fingerprint density at radius 3 is 2.37 bits per heavy atom. The van der Waals surface area contributed by atoms with Crippen molar-refractivity contribution in [3.63, 3.8) is 0 Å². The third kappa shape index (κ3) is 2.28. The van der Waals surface area contributed by atoms with Gasteiger partial charge >= 0.3 is 0 Å². The summed E-state index contributed by atoms with van der Waals surface area (Å²) < 4.78 is 0. The number of fused-ring (bicyclic) bond motifs is 5. The second-order valence-corrected chi connectivity index (χ2v) is 8.95. The van der Waals surface area contributed by atoms with Crippen molar-refractivity contribution in [2.24, 2.45) is 0 Å². The first kappa shape index (κ1) is 17.7. The van der Waals surface area contributed by atoms with E-state index in [1.807, 2.05) is 0 Å². The number of rotatable bonds is 1. The Morgan fingerprint density at radius 2 is 1.57 bits per heavy atom.